The van der Waals surface area contributed by atoms with Crippen molar-refractivity contribution in [3.63, 3.8) is 0 Å². The van der Waals surface area contributed by atoms with Gasteiger partial charge in [-0.15, -0.1) is 11.8 Å². The first-order valence-electron chi connectivity index (χ1n) is 7.13. The molecule has 1 N–H and O–H groups in total. The molecule has 1 saturated carbocycles. The molecule has 2 atom stereocenters. The standard InChI is InChI=1S/C16H20N2S/c1-18-16(11-17)8-7-15(10-16)19-14-6-5-12-3-2-4-13(12)9-14/h5-6,9,15,18H,2-4,7-8,10H2,1H3. The predicted molar refractivity (Wildman–Crippen MR) is 79.4 cm³/mol. The van der Waals surface area contributed by atoms with E-state index < -0.39 is 0 Å². The Morgan fingerprint density at radius 3 is 2.95 bits per heavy atom. The Kier molecular flexibility index (Phi) is 3.56. The minimum absolute atomic E-state index is 0.283. The maximum absolute atomic E-state index is 9.31. The van der Waals surface area contributed by atoms with Gasteiger partial charge in [0.25, 0.3) is 0 Å². The topological polar surface area (TPSA) is 35.8 Å². The number of rotatable bonds is 3. The molecule has 1 aromatic rings. The molecular weight excluding hydrogens is 252 g/mol. The number of nitriles is 1. The normalized spacial score (nSPS) is 29.2. The van der Waals surface area contributed by atoms with Gasteiger partial charge in [0.2, 0.25) is 0 Å². The summed E-state index contributed by atoms with van der Waals surface area (Å²) in [6.45, 7) is 0. The third kappa shape index (κ3) is 2.52. The Hall–Kier alpha value is -0.980. The van der Waals surface area contributed by atoms with Gasteiger partial charge >= 0.3 is 0 Å². The third-order valence-corrected chi connectivity index (χ3v) is 5.80. The van der Waals surface area contributed by atoms with Gasteiger partial charge in [0.15, 0.2) is 0 Å². The number of nitrogens with one attached hydrogen (secondary N) is 1. The molecule has 3 heteroatoms. The molecule has 0 spiro atoms. The number of hydrogen-bond acceptors (Lipinski definition) is 3. The molecule has 0 aromatic heterocycles. The van der Waals surface area contributed by atoms with Crippen LogP contribution in [-0.4, -0.2) is 17.8 Å². The molecule has 0 heterocycles. The van der Waals surface area contributed by atoms with Crippen LogP contribution in [0.25, 0.3) is 0 Å². The Labute approximate surface area is 119 Å². The smallest absolute Gasteiger partial charge is 0.107 e. The number of fused-ring (bicyclic) bond motifs is 1. The lowest BCUT2D eigenvalue weighted by Gasteiger charge is -2.19. The van der Waals surface area contributed by atoms with Gasteiger partial charge in [0.05, 0.1) is 6.07 Å². The number of nitrogens with zero attached hydrogens (tertiary/aromatic N) is 1. The highest BCUT2D eigenvalue weighted by Crippen LogP contribution is 2.40. The predicted octanol–water partition coefficient (Wildman–Crippen LogP) is 3.30. The zero-order chi connectivity index (χ0) is 13.3. The van der Waals surface area contributed by atoms with Gasteiger partial charge in [-0.1, -0.05) is 6.07 Å². The van der Waals surface area contributed by atoms with Crippen molar-refractivity contribution >= 4 is 11.8 Å². The third-order valence-electron chi connectivity index (χ3n) is 4.53. The van der Waals surface area contributed by atoms with E-state index in [9.17, 15) is 5.26 Å². The van der Waals surface area contributed by atoms with Crippen LogP contribution in [-0.2, 0) is 12.8 Å². The Bertz CT molecular complexity index is 520. The fourth-order valence-corrected chi connectivity index (χ4v) is 4.64. The van der Waals surface area contributed by atoms with Gasteiger partial charge in [0.1, 0.15) is 5.54 Å². The van der Waals surface area contributed by atoms with Crippen LogP contribution in [0.15, 0.2) is 23.1 Å². The lowest BCUT2D eigenvalue weighted by Crippen LogP contribution is -2.38. The van der Waals surface area contributed by atoms with Gasteiger partial charge < -0.3 is 5.32 Å². The van der Waals surface area contributed by atoms with Gasteiger partial charge in [-0.3, -0.25) is 0 Å². The van der Waals surface area contributed by atoms with Gasteiger partial charge in [0, 0.05) is 10.1 Å². The van der Waals surface area contributed by atoms with Crippen molar-refractivity contribution in [2.45, 2.75) is 54.2 Å². The van der Waals surface area contributed by atoms with Crippen LogP contribution < -0.4 is 5.32 Å². The highest BCUT2D eigenvalue weighted by Gasteiger charge is 2.38. The van der Waals surface area contributed by atoms with Crippen LogP contribution in [0.2, 0.25) is 0 Å². The summed E-state index contributed by atoms with van der Waals surface area (Å²) in [4.78, 5) is 1.38. The van der Waals surface area contributed by atoms with Crippen molar-refractivity contribution in [3.8, 4) is 6.07 Å². The van der Waals surface area contributed by atoms with E-state index in [2.05, 4.69) is 29.6 Å². The second-order valence-corrected chi connectivity index (χ2v) is 7.08. The molecule has 2 nitrogen and oxygen atoms in total. The molecule has 2 unspecified atom stereocenters. The Morgan fingerprint density at radius 2 is 2.21 bits per heavy atom. The summed E-state index contributed by atoms with van der Waals surface area (Å²) in [7, 11) is 1.91. The highest BCUT2D eigenvalue weighted by molar-refractivity contribution is 8.00. The molecule has 0 amide bonds. The lowest BCUT2D eigenvalue weighted by molar-refractivity contribution is 0.464. The van der Waals surface area contributed by atoms with Crippen molar-refractivity contribution < 1.29 is 0 Å². The molecule has 0 saturated heterocycles. The van der Waals surface area contributed by atoms with Gasteiger partial charge in [-0.05, 0) is 68.8 Å². The second-order valence-electron chi connectivity index (χ2n) is 5.71. The van der Waals surface area contributed by atoms with Gasteiger partial charge in [-0.25, -0.2) is 0 Å². The summed E-state index contributed by atoms with van der Waals surface area (Å²) < 4.78 is 0. The number of benzene rings is 1. The molecule has 1 fully saturated rings. The molecular formula is C16H20N2S. The lowest BCUT2D eigenvalue weighted by atomic mass is 10.0. The van der Waals surface area contributed by atoms with Crippen molar-refractivity contribution in [1.29, 1.82) is 5.26 Å². The molecule has 19 heavy (non-hydrogen) atoms. The fourth-order valence-electron chi connectivity index (χ4n) is 3.30. The van der Waals surface area contributed by atoms with E-state index in [4.69, 9.17) is 0 Å². The van der Waals surface area contributed by atoms with Crippen LogP contribution >= 0.6 is 11.8 Å². The van der Waals surface area contributed by atoms with Crippen molar-refractivity contribution in [3.05, 3.63) is 29.3 Å². The molecule has 1 aromatic carbocycles. The number of hydrogen-bond donors (Lipinski definition) is 1. The fraction of sp³-hybridized carbons (Fsp3) is 0.562. The minimum atomic E-state index is -0.283. The van der Waals surface area contributed by atoms with Gasteiger partial charge in [-0.2, -0.15) is 5.26 Å². The van der Waals surface area contributed by atoms with E-state index in [1.165, 1.54) is 29.7 Å². The van der Waals surface area contributed by atoms with E-state index in [0.29, 0.717) is 5.25 Å². The summed E-state index contributed by atoms with van der Waals surface area (Å²) in [6.07, 6.45) is 6.87. The molecule has 0 bridgehead atoms. The SMILES string of the molecule is CNC1(C#N)CCC(Sc2ccc3c(c2)CCC3)C1. The van der Waals surface area contributed by atoms with Crippen LogP contribution in [0.4, 0.5) is 0 Å². The van der Waals surface area contributed by atoms with Crippen molar-refractivity contribution in [2.75, 3.05) is 7.05 Å². The monoisotopic (exact) mass is 272 g/mol. The van der Waals surface area contributed by atoms with Crippen molar-refractivity contribution in [2.24, 2.45) is 0 Å². The average molecular weight is 272 g/mol. The van der Waals surface area contributed by atoms with E-state index >= 15 is 0 Å². The zero-order valence-corrected chi connectivity index (χ0v) is 12.2. The molecule has 2 aliphatic carbocycles. The quantitative estimate of drug-likeness (QED) is 0.917. The van der Waals surface area contributed by atoms with Crippen LogP contribution in [0.5, 0.6) is 0 Å². The van der Waals surface area contributed by atoms with Crippen LogP contribution in [0.3, 0.4) is 0 Å². The van der Waals surface area contributed by atoms with E-state index in [0.717, 1.165) is 19.3 Å². The van der Waals surface area contributed by atoms with E-state index in [1.807, 2.05) is 18.8 Å². The second kappa shape index (κ2) is 5.19. The Morgan fingerprint density at radius 1 is 1.37 bits per heavy atom. The maximum Gasteiger partial charge on any atom is 0.107 e. The maximum atomic E-state index is 9.31. The molecule has 0 aliphatic heterocycles. The number of aryl methyl sites for hydroxylation is 2. The summed E-state index contributed by atoms with van der Waals surface area (Å²) in [5, 5.41) is 13.1. The Balaban J connectivity index is 1.68. The average Bonchev–Trinajstić information content (AvgIpc) is 3.05. The largest absolute Gasteiger partial charge is 0.302 e. The first-order valence-corrected chi connectivity index (χ1v) is 8.01. The molecule has 2 aliphatic rings. The van der Waals surface area contributed by atoms with Crippen molar-refractivity contribution in [1.82, 2.24) is 5.32 Å². The summed E-state index contributed by atoms with van der Waals surface area (Å²) in [5.74, 6) is 0. The molecule has 100 valence electrons. The summed E-state index contributed by atoms with van der Waals surface area (Å²) in [6, 6.07) is 9.40. The van der Waals surface area contributed by atoms with Crippen LogP contribution in [0, 0.1) is 11.3 Å². The first-order chi connectivity index (χ1) is 9.24. The first kappa shape index (κ1) is 13.0. The zero-order valence-electron chi connectivity index (χ0n) is 11.4. The van der Waals surface area contributed by atoms with E-state index in [1.54, 1.807) is 5.56 Å². The summed E-state index contributed by atoms with van der Waals surface area (Å²) in [5.41, 5.74) is 2.80. The number of thioether (sulfide) groups is 1. The minimum Gasteiger partial charge on any atom is -0.302 e. The van der Waals surface area contributed by atoms with E-state index in [-0.39, 0.29) is 5.54 Å². The summed E-state index contributed by atoms with van der Waals surface area (Å²) >= 11 is 1.96. The van der Waals surface area contributed by atoms with Crippen LogP contribution in [0.1, 0.15) is 36.8 Å². The molecule has 0 radical (unpaired) electrons. The highest BCUT2D eigenvalue weighted by atomic mass is 32.2. The molecule has 3 rings (SSSR count).